The van der Waals surface area contributed by atoms with Crippen molar-refractivity contribution in [1.29, 1.82) is 10.5 Å². The molecule has 0 bridgehead atoms. The molecule has 3 rings (SSSR count). The molecule has 184 valence electrons. The van der Waals surface area contributed by atoms with Gasteiger partial charge in [-0.25, -0.2) is 13.0 Å². The molecule has 0 saturated carbocycles. The quantitative estimate of drug-likeness (QED) is 0.421. The van der Waals surface area contributed by atoms with E-state index < -0.39 is 47.0 Å². The minimum atomic E-state index is -4.92. The normalized spacial score (nSPS) is 13.6. The van der Waals surface area contributed by atoms with Crippen molar-refractivity contribution in [2.24, 2.45) is 0 Å². The van der Waals surface area contributed by atoms with Crippen molar-refractivity contribution >= 4 is 44.7 Å². The average molecular weight is 544 g/mol. The largest absolute Gasteiger partial charge is 0.424 e. The van der Waals surface area contributed by atoms with E-state index in [1.807, 2.05) is 10.8 Å². The van der Waals surface area contributed by atoms with Crippen molar-refractivity contribution < 1.29 is 35.6 Å². The maximum absolute atomic E-state index is 13.1. The number of rotatable bonds is 7. The standard InChI is InChI=1S/C20H16F3N4O5PS2/c1-27(2)17-6-4-12-7-18(34-19(12)15(17)10-25)35(30,31)26-11-33(28,29)32-14-5-3-13(9-24)16(8-14)20(21,22)23/h3-8,26H,11H2,1-2H3,(H,28,29). The van der Waals surface area contributed by atoms with E-state index >= 15 is 0 Å². The number of fused-ring (bicyclic) bond motifs is 1. The zero-order valence-corrected chi connectivity index (χ0v) is 20.5. The second-order valence-electron chi connectivity index (χ2n) is 7.30. The highest BCUT2D eigenvalue weighted by Gasteiger charge is 2.35. The van der Waals surface area contributed by atoms with E-state index in [-0.39, 0.29) is 9.77 Å². The first-order valence-electron chi connectivity index (χ1n) is 9.45. The molecule has 2 N–H and O–H groups in total. The fourth-order valence-electron chi connectivity index (χ4n) is 3.03. The third-order valence-electron chi connectivity index (χ3n) is 4.62. The lowest BCUT2D eigenvalue weighted by Crippen LogP contribution is -2.25. The molecular formula is C20H16F3N4O5PS2. The van der Waals surface area contributed by atoms with Gasteiger partial charge in [0, 0.05) is 14.1 Å². The van der Waals surface area contributed by atoms with Gasteiger partial charge in [-0.2, -0.15) is 28.4 Å². The van der Waals surface area contributed by atoms with Crippen LogP contribution in [0, 0.1) is 22.7 Å². The summed E-state index contributed by atoms with van der Waals surface area (Å²) in [6.07, 6.45) is -6.06. The average Bonchev–Trinajstić information content (AvgIpc) is 3.22. The Morgan fingerprint density at radius 1 is 1.17 bits per heavy atom. The number of nitrogens with zero attached hydrogens (tertiary/aromatic N) is 3. The smallest absolute Gasteiger partial charge is 0.417 e. The van der Waals surface area contributed by atoms with E-state index in [9.17, 15) is 36.3 Å². The van der Waals surface area contributed by atoms with E-state index in [0.717, 1.165) is 23.5 Å². The second-order valence-corrected chi connectivity index (χ2v) is 12.1. The minimum Gasteiger partial charge on any atom is -0.424 e. The van der Waals surface area contributed by atoms with Gasteiger partial charge in [0.05, 0.1) is 33.1 Å². The van der Waals surface area contributed by atoms with Gasteiger partial charge in [0.2, 0.25) is 0 Å². The summed E-state index contributed by atoms with van der Waals surface area (Å²) in [7, 11) is -5.69. The maximum Gasteiger partial charge on any atom is 0.417 e. The molecule has 9 nitrogen and oxygen atoms in total. The summed E-state index contributed by atoms with van der Waals surface area (Å²) in [6, 6.07) is 10.0. The molecule has 1 heterocycles. The number of alkyl halides is 3. The monoisotopic (exact) mass is 544 g/mol. The van der Waals surface area contributed by atoms with Crippen LogP contribution in [0.3, 0.4) is 0 Å². The van der Waals surface area contributed by atoms with Crippen LogP contribution in [0.25, 0.3) is 10.1 Å². The number of thiophene rings is 1. The number of nitrogens with one attached hydrogen (secondary N) is 1. The van der Waals surface area contributed by atoms with E-state index in [0.29, 0.717) is 21.8 Å². The predicted molar refractivity (Wildman–Crippen MR) is 123 cm³/mol. The van der Waals surface area contributed by atoms with E-state index in [1.165, 1.54) is 12.1 Å². The van der Waals surface area contributed by atoms with E-state index in [4.69, 9.17) is 9.79 Å². The molecule has 1 unspecified atom stereocenters. The van der Waals surface area contributed by atoms with Crippen molar-refractivity contribution in [2.45, 2.75) is 10.4 Å². The number of benzene rings is 2. The summed E-state index contributed by atoms with van der Waals surface area (Å²) >= 11 is 0.783. The van der Waals surface area contributed by atoms with Crippen LogP contribution in [0.5, 0.6) is 5.75 Å². The maximum atomic E-state index is 13.1. The Balaban J connectivity index is 1.84. The first-order chi connectivity index (χ1) is 16.2. The molecule has 2 aromatic carbocycles. The SMILES string of the molecule is CN(C)c1ccc2cc(S(=O)(=O)NCP(=O)(O)Oc3ccc(C#N)c(C(F)(F)F)c3)sc2c1C#N. The van der Waals surface area contributed by atoms with Gasteiger partial charge in [-0.15, -0.1) is 11.3 Å². The van der Waals surface area contributed by atoms with Gasteiger partial charge in [-0.1, -0.05) is 6.07 Å². The molecule has 3 aromatic rings. The van der Waals surface area contributed by atoms with Crippen molar-refractivity contribution in [2.75, 3.05) is 25.3 Å². The highest BCUT2D eigenvalue weighted by Crippen LogP contribution is 2.44. The molecule has 0 amide bonds. The van der Waals surface area contributed by atoms with Crippen LogP contribution in [-0.4, -0.2) is 33.7 Å². The number of hydrogen-bond acceptors (Lipinski definition) is 8. The fourth-order valence-corrected chi connectivity index (χ4v) is 7.04. The number of nitriles is 2. The molecule has 1 aromatic heterocycles. The Morgan fingerprint density at radius 2 is 1.86 bits per heavy atom. The number of hydrogen-bond donors (Lipinski definition) is 2. The first-order valence-corrected chi connectivity index (χ1v) is 13.5. The van der Waals surface area contributed by atoms with Crippen LogP contribution in [-0.2, 0) is 20.8 Å². The molecule has 0 radical (unpaired) electrons. The Bertz CT molecular complexity index is 1540. The van der Waals surface area contributed by atoms with Crippen molar-refractivity contribution in [3.05, 3.63) is 53.1 Å². The fraction of sp³-hybridized carbons (Fsp3) is 0.200. The molecule has 15 heteroatoms. The lowest BCUT2D eigenvalue weighted by molar-refractivity contribution is -0.137. The molecular weight excluding hydrogens is 528 g/mol. The van der Waals surface area contributed by atoms with Crippen LogP contribution in [0.4, 0.5) is 18.9 Å². The van der Waals surface area contributed by atoms with E-state index in [1.54, 1.807) is 31.1 Å². The zero-order valence-electron chi connectivity index (χ0n) is 18.0. The Labute approximate surface area is 202 Å². The third kappa shape index (κ3) is 5.75. The summed E-state index contributed by atoms with van der Waals surface area (Å²) in [4.78, 5) is 11.7. The van der Waals surface area contributed by atoms with Gasteiger partial charge >= 0.3 is 13.8 Å². The highest BCUT2D eigenvalue weighted by molar-refractivity contribution is 7.92. The molecule has 0 aliphatic carbocycles. The summed E-state index contributed by atoms with van der Waals surface area (Å²) in [6.45, 7) is 0. The van der Waals surface area contributed by atoms with Crippen LogP contribution >= 0.6 is 18.9 Å². The van der Waals surface area contributed by atoms with Gasteiger partial charge < -0.3 is 14.3 Å². The highest BCUT2D eigenvalue weighted by atomic mass is 32.2. The van der Waals surface area contributed by atoms with Gasteiger partial charge in [0.25, 0.3) is 10.0 Å². The van der Waals surface area contributed by atoms with Crippen LogP contribution in [0.15, 0.2) is 40.6 Å². The Kier molecular flexibility index (Phi) is 7.18. The third-order valence-corrected chi connectivity index (χ3v) is 8.93. The van der Waals surface area contributed by atoms with Gasteiger partial charge in [-0.05, 0) is 35.7 Å². The lowest BCUT2D eigenvalue weighted by Gasteiger charge is -2.16. The zero-order chi connectivity index (χ0) is 26.2. The number of anilines is 1. The Morgan fingerprint density at radius 3 is 2.43 bits per heavy atom. The second kappa shape index (κ2) is 9.49. The van der Waals surface area contributed by atoms with Gasteiger partial charge in [0.1, 0.15) is 22.3 Å². The van der Waals surface area contributed by atoms with Crippen LogP contribution in [0.2, 0.25) is 0 Å². The summed E-state index contributed by atoms with van der Waals surface area (Å²) in [5.74, 6) is -0.668. The van der Waals surface area contributed by atoms with Gasteiger partial charge in [-0.3, -0.25) is 0 Å². The lowest BCUT2D eigenvalue weighted by atomic mass is 10.1. The minimum absolute atomic E-state index is 0.238. The molecule has 0 spiro atoms. The first kappa shape index (κ1) is 26.5. The van der Waals surface area contributed by atoms with Crippen LogP contribution in [0.1, 0.15) is 16.7 Å². The number of halogens is 3. The summed E-state index contributed by atoms with van der Waals surface area (Å²) < 4.78 is 83.9. The van der Waals surface area contributed by atoms with Crippen molar-refractivity contribution in [3.8, 4) is 17.9 Å². The van der Waals surface area contributed by atoms with Crippen LogP contribution < -0.4 is 14.1 Å². The molecule has 35 heavy (non-hydrogen) atoms. The molecule has 0 saturated heterocycles. The molecule has 0 aliphatic heterocycles. The van der Waals surface area contributed by atoms with Gasteiger partial charge in [0.15, 0.2) is 0 Å². The number of sulfonamides is 1. The molecule has 0 fully saturated rings. The molecule has 0 aliphatic rings. The molecule has 1 atom stereocenters. The Hall–Kier alpha value is -3.13. The van der Waals surface area contributed by atoms with Crippen molar-refractivity contribution in [3.63, 3.8) is 0 Å². The topological polar surface area (TPSA) is 144 Å². The summed E-state index contributed by atoms with van der Waals surface area (Å²) in [5.41, 5.74) is -1.24. The van der Waals surface area contributed by atoms with Crippen molar-refractivity contribution in [1.82, 2.24) is 4.72 Å². The summed E-state index contributed by atoms with van der Waals surface area (Å²) in [5, 5.41) is 18.8. The van der Waals surface area contributed by atoms with E-state index in [2.05, 4.69) is 0 Å². The predicted octanol–water partition coefficient (Wildman–Crippen LogP) is 4.23.